The average Bonchev–Trinajstić information content (AvgIpc) is 2.76. The van der Waals surface area contributed by atoms with Gasteiger partial charge in [0, 0.05) is 43.2 Å². The Balaban J connectivity index is 1.80. The molecule has 0 saturated heterocycles. The summed E-state index contributed by atoms with van der Waals surface area (Å²) in [5.41, 5.74) is 2.80. The monoisotopic (exact) mass is 426 g/mol. The third kappa shape index (κ3) is 8.13. The van der Waals surface area contributed by atoms with Crippen LogP contribution < -0.4 is 15.3 Å². The Hall–Kier alpha value is -3.95. The highest BCUT2D eigenvalue weighted by molar-refractivity contribution is 6.03. The molecule has 0 bridgehead atoms. The number of hydrogen-bond donors (Lipinski definition) is 2. The van der Waals surface area contributed by atoms with E-state index in [1.165, 1.54) is 18.2 Å². The van der Waals surface area contributed by atoms with Crippen molar-refractivity contribution in [2.75, 3.05) is 5.32 Å². The second-order valence-electron chi connectivity index (χ2n) is 6.65. The van der Waals surface area contributed by atoms with Crippen molar-refractivity contribution in [1.82, 2.24) is 5.43 Å². The number of nitrogens with one attached hydrogen (secondary N) is 2. The van der Waals surface area contributed by atoms with E-state index >= 15 is 0 Å². The van der Waals surface area contributed by atoms with E-state index in [4.69, 9.17) is 0 Å². The number of nitrogens with zero attached hydrogens (tertiary/aromatic N) is 3. The number of rotatable bonds is 11. The van der Waals surface area contributed by atoms with Crippen LogP contribution in [0.4, 0.5) is 11.4 Å². The fourth-order valence-corrected chi connectivity index (χ4v) is 2.65. The molecule has 0 spiro atoms. The molecule has 0 aliphatic heterocycles. The van der Waals surface area contributed by atoms with Gasteiger partial charge in [-0.25, -0.2) is 5.43 Å². The molecule has 2 amide bonds. The highest BCUT2D eigenvalue weighted by Crippen LogP contribution is 2.23. The van der Waals surface area contributed by atoms with E-state index in [1.54, 1.807) is 35.2 Å². The molecule has 2 rings (SSSR count). The molecular weight excluding hydrogens is 402 g/mol. The number of hydrogen-bond acceptors (Lipinski definition) is 6. The third-order valence-corrected chi connectivity index (χ3v) is 4.26. The summed E-state index contributed by atoms with van der Waals surface area (Å²) in [6.45, 7) is 1.91. The molecule has 2 aromatic rings. The van der Waals surface area contributed by atoms with E-state index in [-0.39, 0.29) is 48.9 Å². The molecule has 0 fully saturated rings. The van der Waals surface area contributed by atoms with Gasteiger partial charge in [0.05, 0.1) is 4.92 Å². The Morgan fingerprint density at radius 1 is 1.03 bits per heavy atom. The van der Waals surface area contributed by atoms with Gasteiger partial charge in [0.25, 0.3) is 5.69 Å². The molecule has 10 nitrogen and oxygen atoms in total. The number of carbonyl (C=O) groups excluding carboxylic acids is 3. The van der Waals surface area contributed by atoms with Crippen molar-refractivity contribution >= 4 is 34.7 Å². The second kappa shape index (κ2) is 11.9. The molecule has 0 radical (unpaired) electrons. The smallest absolute Gasteiger partial charge is 0.305 e. The zero-order valence-electron chi connectivity index (χ0n) is 17.1. The van der Waals surface area contributed by atoms with Crippen LogP contribution in [0.25, 0.3) is 0 Å². The molecule has 31 heavy (non-hydrogen) atoms. The zero-order chi connectivity index (χ0) is 22.6. The number of para-hydroxylation sites is 2. The number of hydrazone groups is 1. The van der Waals surface area contributed by atoms with Crippen LogP contribution in [-0.2, 0) is 20.9 Å². The molecular formula is C21H24N5O5+. The number of amides is 2. The van der Waals surface area contributed by atoms with Crippen LogP contribution in [0.3, 0.4) is 0 Å². The Labute approximate surface area is 179 Å². The van der Waals surface area contributed by atoms with Crippen molar-refractivity contribution in [3.05, 3.63) is 65.0 Å². The van der Waals surface area contributed by atoms with Crippen LogP contribution in [-0.4, -0.2) is 28.2 Å². The number of carbonyl (C=O) groups is 3. The van der Waals surface area contributed by atoms with Crippen molar-refractivity contribution in [2.45, 2.75) is 39.2 Å². The molecule has 1 aromatic heterocycles. The predicted molar refractivity (Wildman–Crippen MR) is 113 cm³/mol. The van der Waals surface area contributed by atoms with Crippen molar-refractivity contribution in [2.24, 2.45) is 5.10 Å². The molecule has 0 aliphatic carbocycles. The minimum absolute atomic E-state index is 0.00796. The Bertz CT molecular complexity index is 975. The quantitative estimate of drug-likeness (QED) is 0.246. The molecule has 0 saturated carbocycles. The Kier molecular flexibility index (Phi) is 8.96. The first-order valence-electron chi connectivity index (χ1n) is 9.72. The van der Waals surface area contributed by atoms with Gasteiger partial charge in [-0.3, -0.25) is 24.5 Å². The number of Topliss-reactive ketones (excluding diaryl/α,β-unsaturated/α-hetero) is 1. The first-order chi connectivity index (χ1) is 14.9. The molecule has 2 N–H and O–H groups in total. The van der Waals surface area contributed by atoms with Crippen LogP contribution in [0.1, 0.15) is 32.6 Å². The van der Waals surface area contributed by atoms with Crippen molar-refractivity contribution in [1.29, 1.82) is 0 Å². The van der Waals surface area contributed by atoms with Gasteiger partial charge in [-0.2, -0.15) is 9.67 Å². The van der Waals surface area contributed by atoms with Crippen LogP contribution in [0.5, 0.6) is 0 Å². The summed E-state index contributed by atoms with van der Waals surface area (Å²) >= 11 is 0. The van der Waals surface area contributed by atoms with Gasteiger partial charge >= 0.3 is 5.91 Å². The summed E-state index contributed by atoms with van der Waals surface area (Å²) in [4.78, 5) is 46.6. The van der Waals surface area contributed by atoms with Crippen molar-refractivity contribution in [3.63, 3.8) is 0 Å². The molecule has 162 valence electrons. The largest absolute Gasteiger partial charge is 0.320 e. The molecule has 10 heteroatoms. The number of aromatic nitrogens is 1. The molecule has 1 aromatic carbocycles. The lowest BCUT2D eigenvalue weighted by Gasteiger charge is -2.06. The van der Waals surface area contributed by atoms with E-state index in [0.717, 1.165) is 0 Å². The molecule has 0 unspecified atom stereocenters. The van der Waals surface area contributed by atoms with Gasteiger partial charge in [0.2, 0.25) is 12.5 Å². The number of benzene rings is 1. The van der Waals surface area contributed by atoms with Crippen LogP contribution >= 0.6 is 0 Å². The summed E-state index contributed by atoms with van der Waals surface area (Å²) in [6.07, 6.45) is 3.82. The lowest BCUT2D eigenvalue weighted by molar-refractivity contribution is -0.684. The maximum atomic E-state index is 12.2. The van der Waals surface area contributed by atoms with E-state index in [9.17, 15) is 24.5 Å². The number of pyridine rings is 1. The number of nitro groups is 1. The number of ketones is 1. The van der Waals surface area contributed by atoms with Crippen molar-refractivity contribution < 1.29 is 23.9 Å². The maximum absolute atomic E-state index is 12.2. The van der Waals surface area contributed by atoms with Gasteiger partial charge in [-0.1, -0.05) is 25.1 Å². The van der Waals surface area contributed by atoms with E-state index in [1.807, 2.05) is 13.0 Å². The van der Waals surface area contributed by atoms with Crippen LogP contribution in [0, 0.1) is 10.1 Å². The van der Waals surface area contributed by atoms with Gasteiger partial charge in [0.1, 0.15) is 11.5 Å². The second-order valence-corrected chi connectivity index (χ2v) is 6.65. The fourth-order valence-electron chi connectivity index (χ4n) is 2.65. The van der Waals surface area contributed by atoms with Crippen LogP contribution in [0.2, 0.25) is 0 Å². The van der Waals surface area contributed by atoms with Crippen LogP contribution in [0.15, 0.2) is 60.0 Å². The van der Waals surface area contributed by atoms with Gasteiger partial charge in [-0.05, 0) is 12.5 Å². The predicted octanol–water partition coefficient (Wildman–Crippen LogP) is 2.14. The summed E-state index contributed by atoms with van der Waals surface area (Å²) in [6, 6.07) is 11.2. The maximum Gasteiger partial charge on any atom is 0.305 e. The van der Waals surface area contributed by atoms with Gasteiger partial charge < -0.3 is 5.32 Å². The molecule has 0 aliphatic rings. The average molecular weight is 426 g/mol. The summed E-state index contributed by atoms with van der Waals surface area (Å²) in [7, 11) is 0. The number of nitro benzene ring substituents is 1. The summed E-state index contributed by atoms with van der Waals surface area (Å²) in [5, 5.41) is 17.5. The van der Waals surface area contributed by atoms with E-state index in [0.29, 0.717) is 12.1 Å². The van der Waals surface area contributed by atoms with E-state index < -0.39 is 10.8 Å². The summed E-state index contributed by atoms with van der Waals surface area (Å²) in [5.74, 6) is -1.03. The lowest BCUT2D eigenvalue weighted by Crippen LogP contribution is -2.41. The zero-order valence-corrected chi connectivity index (χ0v) is 17.1. The van der Waals surface area contributed by atoms with Gasteiger partial charge in [0.15, 0.2) is 12.4 Å². The highest BCUT2D eigenvalue weighted by atomic mass is 16.6. The standard InChI is InChI=1S/C21H23N5O5/c1-2-16(23-24-21(29)15-25-12-6-3-7-13-25)14-17(27)10-11-20(28)22-18-8-4-5-9-19(18)26(30)31/h3-9,12-13H,2,10-11,14-15H2,1H3,(H-,22,24,28,29)/p+1/b23-16+. The molecule has 0 atom stereocenters. The summed E-state index contributed by atoms with van der Waals surface area (Å²) < 4.78 is 1.69. The Morgan fingerprint density at radius 2 is 1.74 bits per heavy atom. The Morgan fingerprint density at radius 3 is 2.42 bits per heavy atom. The van der Waals surface area contributed by atoms with Crippen molar-refractivity contribution in [3.8, 4) is 0 Å². The van der Waals surface area contributed by atoms with Gasteiger partial charge in [-0.15, -0.1) is 0 Å². The minimum Gasteiger partial charge on any atom is -0.320 e. The lowest BCUT2D eigenvalue weighted by atomic mass is 10.1. The minimum atomic E-state index is -0.588. The SMILES string of the molecule is CC/C(CC(=O)CCC(=O)Nc1ccccc1[N+](=O)[O-])=N\NC(=O)C[n+]1ccccc1. The fraction of sp³-hybridized carbons (Fsp3) is 0.286. The molecule has 1 heterocycles. The van der Waals surface area contributed by atoms with E-state index in [2.05, 4.69) is 15.8 Å². The highest BCUT2D eigenvalue weighted by Gasteiger charge is 2.16. The normalized spacial score (nSPS) is 10.9. The first-order valence-corrected chi connectivity index (χ1v) is 9.72. The third-order valence-electron chi connectivity index (χ3n) is 4.26. The topological polar surface area (TPSA) is 135 Å². The number of anilines is 1. The first kappa shape index (κ1) is 23.3.